The van der Waals surface area contributed by atoms with Crippen LogP contribution in [0.1, 0.15) is 70.6 Å². The molecule has 0 amide bonds. The molecule has 2 unspecified atom stereocenters. The number of methoxy groups -OCH3 is 1. The van der Waals surface area contributed by atoms with Gasteiger partial charge in [-0.15, -0.1) is 0 Å². The van der Waals surface area contributed by atoms with Gasteiger partial charge in [0.25, 0.3) is 0 Å². The number of piperazine rings is 1. The molecule has 7 rings (SSSR count). The molecule has 0 spiro atoms. The van der Waals surface area contributed by atoms with Gasteiger partial charge in [0.15, 0.2) is 17.3 Å². The van der Waals surface area contributed by atoms with E-state index in [1.165, 1.54) is 18.4 Å². The molecule has 11 nitrogen and oxygen atoms in total. The number of benzene rings is 4. The average Bonchev–Trinajstić information content (AvgIpc) is 3.71. The van der Waals surface area contributed by atoms with E-state index in [2.05, 4.69) is 52.5 Å². The summed E-state index contributed by atoms with van der Waals surface area (Å²) in [5, 5.41) is 34.0. The predicted molar refractivity (Wildman–Crippen MR) is 230 cm³/mol. The highest BCUT2D eigenvalue weighted by Crippen LogP contribution is 2.53. The summed E-state index contributed by atoms with van der Waals surface area (Å²) in [5.74, 6) is 2.27. The monoisotopic (exact) mass is 801 g/mol. The van der Waals surface area contributed by atoms with E-state index in [1.807, 2.05) is 36.4 Å². The topological polar surface area (TPSA) is 146 Å². The van der Waals surface area contributed by atoms with Crippen LogP contribution >= 0.6 is 0 Å². The Morgan fingerprint density at radius 1 is 0.932 bits per heavy atom. The SMILES string of the molecule is CCc1cc(-c2cccc(CCc3c(OCCCO)c(OC)c(OCCC(O)C=Cc4ccccc4)c4c3OC(c3ccc(O)cc3)CC4=O)c2)c(N2CCNCC2)[nH]1. The number of carbonyl (C=O) groups excluding carboxylic acids is 1. The Balaban J connectivity index is 1.24. The van der Waals surface area contributed by atoms with Crippen molar-refractivity contribution in [2.24, 2.45) is 0 Å². The number of Topliss-reactive ketones (excluding diaryl/α,β-unsaturated/α-hetero) is 1. The molecular weight excluding hydrogens is 747 g/mol. The molecule has 1 aromatic heterocycles. The zero-order chi connectivity index (χ0) is 41.1. The second-order valence-electron chi connectivity index (χ2n) is 14.9. The number of aromatic nitrogens is 1. The number of anilines is 1. The van der Waals surface area contributed by atoms with Crippen molar-refractivity contribution in [3.63, 3.8) is 0 Å². The third-order valence-electron chi connectivity index (χ3n) is 10.9. The molecule has 4 aromatic carbocycles. The van der Waals surface area contributed by atoms with E-state index in [0.29, 0.717) is 36.3 Å². The first-order chi connectivity index (χ1) is 28.9. The molecule has 2 aliphatic heterocycles. The van der Waals surface area contributed by atoms with Crippen molar-refractivity contribution in [3.05, 3.63) is 125 Å². The fourth-order valence-corrected chi connectivity index (χ4v) is 7.74. The largest absolute Gasteiger partial charge is 0.508 e. The number of hydrogen-bond donors (Lipinski definition) is 5. The van der Waals surface area contributed by atoms with Gasteiger partial charge in [0.2, 0.25) is 5.75 Å². The van der Waals surface area contributed by atoms with Crippen LogP contribution in [-0.4, -0.2) is 85.3 Å². The van der Waals surface area contributed by atoms with Gasteiger partial charge in [-0.3, -0.25) is 4.79 Å². The predicted octanol–water partition coefficient (Wildman–Crippen LogP) is 7.46. The molecule has 3 heterocycles. The van der Waals surface area contributed by atoms with Gasteiger partial charge in [0.1, 0.15) is 29.0 Å². The van der Waals surface area contributed by atoms with Gasteiger partial charge in [0.05, 0.1) is 32.8 Å². The normalized spacial score (nSPS) is 15.8. The molecule has 11 heteroatoms. The highest BCUT2D eigenvalue weighted by molar-refractivity contribution is 6.04. The van der Waals surface area contributed by atoms with E-state index >= 15 is 0 Å². The van der Waals surface area contributed by atoms with Gasteiger partial charge in [-0.2, -0.15) is 0 Å². The summed E-state index contributed by atoms with van der Waals surface area (Å²) in [6.45, 7) is 6.09. The van der Waals surface area contributed by atoms with E-state index in [4.69, 9.17) is 18.9 Å². The second-order valence-corrected chi connectivity index (χ2v) is 14.9. The fourth-order valence-electron chi connectivity index (χ4n) is 7.74. The molecule has 0 saturated carbocycles. The quantitative estimate of drug-likeness (QED) is 0.0567. The van der Waals surface area contributed by atoms with Crippen molar-refractivity contribution >= 4 is 17.7 Å². The molecule has 5 aromatic rings. The average molecular weight is 802 g/mol. The summed E-state index contributed by atoms with van der Waals surface area (Å²) in [4.78, 5) is 20.5. The number of rotatable bonds is 18. The minimum Gasteiger partial charge on any atom is -0.508 e. The molecular formula is C48H55N3O8. The number of nitrogens with one attached hydrogen (secondary N) is 2. The maximum absolute atomic E-state index is 14.4. The number of aryl methyl sites for hydroxylation is 2. The van der Waals surface area contributed by atoms with Crippen LogP contribution in [0.15, 0.2) is 91.0 Å². The number of phenols is 1. The molecule has 0 bridgehead atoms. The minimum atomic E-state index is -0.800. The van der Waals surface area contributed by atoms with Crippen LogP contribution in [0.5, 0.6) is 28.7 Å². The number of ether oxygens (including phenoxy) is 4. The summed E-state index contributed by atoms with van der Waals surface area (Å²) in [7, 11) is 1.52. The zero-order valence-electron chi connectivity index (χ0n) is 33.9. The second kappa shape index (κ2) is 19.8. The lowest BCUT2D eigenvalue weighted by Crippen LogP contribution is -2.43. The third-order valence-corrected chi connectivity index (χ3v) is 10.9. The molecule has 2 aliphatic rings. The Morgan fingerprint density at radius 3 is 2.46 bits per heavy atom. The van der Waals surface area contributed by atoms with Crippen molar-refractivity contribution in [2.45, 2.75) is 57.7 Å². The van der Waals surface area contributed by atoms with Crippen LogP contribution in [0.25, 0.3) is 17.2 Å². The van der Waals surface area contributed by atoms with Crippen LogP contribution in [0.3, 0.4) is 0 Å². The number of fused-ring (bicyclic) bond motifs is 1. The number of aromatic hydroxyl groups is 1. The van der Waals surface area contributed by atoms with Gasteiger partial charge >= 0.3 is 0 Å². The molecule has 5 N–H and O–H groups in total. The number of hydrogen-bond acceptors (Lipinski definition) is 10. The van der Waals surface area contributed by atoms with Gasteiger partial charge in [-0.1, -0.05) is 85.8 Å². The number of aliphatic hydroxyl groups excluding tert-OH is 2. The Hall–Kier alpha value is -5.75. The van der Waals surface area contributed by atoms with Crippen LogP contribution in [-0.2, 0) is 19.3 Å². The van der Waals surface area contributed by atoms with Gasteiger partial charge < -0.3 is 49.5 Å². The number of aromatic amines is 1. The lowest BCUT2D eigenvalue weighted by molar-refractivity contribution is 0.0835. The highest BCUT2D eigenvalue weighted by Gasteiger charge is 2.38. The summed E-state index contributed by atoms with van der Waals surface area (Å²) >= 11 is 0. The minimum absolute atomic E-state index is 0.0394. The van der Waals surface area contributed by atoms with Gasteiger partial charge in [-0.05, 0) is 59.7 Å². The fraction of sp³-hybridized carbons (Fsp3) is 0.354. The smallest absolute Gasteiger partial charge is 0.204 e. The molecule has 0 radical (unpaired) electrons. The summed E-state index contributed by atoms with van der Waals surface area (Å²) in [5.41, 5.74) is 7.21. The molecule has 2 atom stereocenters. The van der Waals surface area contributed by atoms with Crippen molar-refractivity contribution in [3.8, 4) is 39.9 Å². The number of carbonyl (C=O) groups is 1. The van der Waals surface area contributed by atoms with E-state index < -0.39 is 12.2 Å². The zero-order valence-corrected chi connectivity index (χ0v) is 33.9. The van der Waals surface area contributed by atoms with Crippen LogP contribution in [0, 0.1) is 0 Å². The van der Waals surface area contributed by atoms with Crippen molar-refractivity contribution < 1.29 is 39.1 Å². The number of aliphatic hydroxyl groups is 2. The summed E-state index contributed by atoms with van der Waals surface area (Å²) < 4.78 is 25.6. The Bertz CT molecular complexity index is 2190. The first-order valence-corrected chi connectivity index (χ1v) is 20.7. The van der Waals surface area contributed by atoms with Gasteiger partial charge in [0, 0.05) is 62.4 Å². The Morgan fingerprint density at radius 2 is 1.71 bits per heavy atom. The molecule has 59 heavy (non-hydrogen) atoms. The van der Waals surface area contributed by atoms with E-state index in [0.717, 1.165) is 60.7 Å². The Labute approximate surface area is 346 Å². The first kappa shape index (κ1) is 41.4. The van der Waals surface area contributed by atoms with Crippen molar-refractivity contribution in [1.29, 1.82) is 0 Å². The van der Waals surface area contributed by atoms with Crippen LogP contribution in [0.4, 0.5) is 5.82 Å². The van der Waals surface area contributed by atoms with E-state index in [-0.39, 0.29) is 61.3 Å². The standard InChI is InChI=1S/C48H55N3O8/c1-3-36-30-40(48(50-36)51-24-22-49-23-25-51)35-12-7-11-33(29-35)14-20-39-44-43(41(55)31-42(59-44)34-15-18-37(53)19-16-34)46(47(56-2)45(39)57-27-8-26-52)58-28-21-38(54)17-13-32-9-5-4-6-10-32/h4-7,9-13,15-19,29-30,38,42,49-50,52-54H,3,8,14,20-28,31H2,1-2H3. The van der Waals surface area contributed by atoms with Crippen LogP contribution < -0.4 is 29.2 Å². The number of ketones is 1. The first-order valence-electron chi connectivity index (χ1n) is 20.7. The van der Waals surface area contributed by atoms with Crippen LogP contribution in [0.2, 0.25) is 0 Å². The van der Waals surface area contributed by atoms with E-state index in [9.17, 15) is 20.1 Å². The molecule has 1 saturated heterocycles. The van der Waals surface area contributed by atoms with Gasteiger partial charge in [-0.25, -0.2) is 0 Å². The maximum atomic E-state index is 14.4. The maximum Gasteiger partial charge on any atom is 0.204 e. The number of H-pyrrole nitrogens is 1. The van der Waals surface area contributed by atoms with E-state index in [1.54, 1.807) is 30.3 Å². The van der Waals surface area contributed by atoms with Crippen molar-refractivity contribution in [1.82, 2.24) is 10.3 Å². The summed E-state index contributed by atoms with van der Waals surface area (Å²) in [6, 6.07) is 27.2. The third kappa shape index (κ3) is 9.93. The summed E-state index contributed by atoms with van der Waals surface area (Å²) in [6.07, 6.45) is 4.75. The number of phenolic OH excluding ortho intramolecular Hbond substituents is 1. The highest BCUT2D eigenvalue weighted by atomic mass is 16.5. The molecule has 310 valence electrons. The molecule has 1 fully saturated rings. The number of nitrogens with zero attached hydrogens (tertiary/aromatic N) is 1. The van der Waals surface area contributed by atoms with Crippen molar-refractivity contribution in [2.75, 3.05) is 58.0 Å². The molecule has 0 aliphatic carbocycles. The Kier molecular flexibility index (Phi) is 13.9. The lowest BCUT2D eigenvalue weighted by Gasteiger charge is -2.31. The lowest BCUT2D eigenvalue weighted by atomic mass is 9.90.